The van der Waals surface area contributed by atoms with Crippen molar-refractivity contribution in [3.63, 3.8) is 0 Å². The number of aromatic nitrogens is 1. The van der Waals surface area contributed by atoms with Crippen LogP contribution in [0.2, 0.25) is 5.02 Å². The van der Waals surface area contributed by atoms with Crippen LogP contribution in [0.25, 0.3) is 22.0 Å². The Balaban J connectivity index is 1.55. The molecule has 3 heterocycles. The number of carbonyl (C=O) groups excluding carboxylic acids is 1. The first kappa shape index (κ1) is 18.9. The zero-order valence-corrected chi connectivity index (χ0v) is 17.2. The Morgan fingerprint density at radius 3 is 2.77 bits per heavy atom. The summed E-state index contributed by atoms with van der Waals surface area (Å²) in [5.74, 6) is 0.776. The molecule has 1 saturated heterocycles. The van der Waals surface area contributed by atoms with Gasteiger partial charge in [0.05, 0.1) is 17.1 Å². The number of halogens is 1. The van der Waals surface area contributed by atoms with Gasteiger partial charge in [-0.05, 0) is 55.2 Å². The summed E-state index contributed by atoms with van der Waals surface area (Å²) in [7, 11) is 0. The van der Waals surface area contributed by atoms with E-state index in [9.17, 15) is 10.1 Å². The summed E-state index contributed by atoms with van der Waals surface area (Å²) in [5.41, 5.74) is 4.02. The molecular weight excluding hydrogens is 398 g/mol. The minimum Gasteiger partial charge on any atom is -0.479 e. The van der Waals surface area contributed by atoms with Crippen LogP contribution in [0.5, 0.6) is 5.75 Å². The molecule has 2 aliphatic heterocycles. The SMILES string of the molecule is N#Cc1ccc2c(-c3cc(Cl)cc4c3OC(C(=O)N3CCCCC3)C4)ccnc2c1. The van der Waals surface area contributed by atoms with E-state index in [1.807, 2.05) is 29.2 Å². The van der Waals surface area contributed by atoms with Crippen LogP contribution in [-0.2, 0) is 11.2 Å². The molecule has 0 saturated carbocycles. The number of hydrogen-bond acceptors (Lipinski definition) is 4. The number of rotatable bonds is 2. The minimum absolute atomic E-state index is 0.0613. The summed E-state index contributed by atoms with van der Waals surface area (Å²) >= 11 is 6.44. The molecule has 150 valence electrons. The van der Waals surface area contributed by atoms with Crippen molar-refractivity contribution in [3.8, 4) is 22.9 Å². The number of likely N-dealkylation sites (tertiary alicyclic amines) is 1. The number of fused-ring (bicyclic) bond motifs is 2. The first-order valence-electron chi connectivity index (χ1n) is 10.2. The van der Waals surface area contributed by atoms with Crippen LogP contribution in [-0.4, -0.2) is 35.0 Å². The number of piperidine rings is 1. The summed E-state index contributed by atoms with van der Waals surface area (Å²) in [5, 5.41) is 10.7. The summed E-state index contributed by atoms with van der Waals surface area (Å²) in [4.78, 5) is 19.3. The van der Waals surface area contributed by atoms with Crippen molar-refractivity contribution in [3.05, 3.63) is 58.7 Å². The van der Waals surface area contributed by atoms with Gasteiger partial charge in [0.25, 0.3) is 5.91 Å². The van der Waals surface area contributed by atoms with Gasteiger partial charge in [-0.2, -0.15) is 5.26 Å². The van der Waals surface area contributed by atoms with E-state index in [0.717, 1.165) is 53.5 Å². The molecule has 1 amide bonds. The van der Waals surface area contributed by atoms with E-state index < -0.39 is 6.10 Å². The van der Waals surface area contributed by atoms with E-state index in [1.54, 1.807) is 18.3 Å². The highest BCUT2D eigenvalue weighted by Gasteiger charge is 2.35. The molecule has 5 nitrogen and oxygen atoms in total. The highest BCUT2D eigenvalue weighted by Crippen LogP contribution is 2.43. The average molecular weight is 418 g/mol. The standard InChI is InChI=1S/C24H20ClN3O2/c25-17-11-16-12-22(24(29)28-8-2-1-3-9-28)30-23(16)20(13-17)18-6-7-27-21-10-15(14-26)4-5-19(18)21/h4-7,10-11,13,22H,1-3,8-9,12H2. The molecule has 1 fully saturated rings. The molecule has 1 atom stereocenters. The quantitative estimate of drug-likeness (QED) is 0.603. The highest BCUT2D eigenvalue weighted by molar-refractivity contribution is 6.31. The van der Waals surface area contributed by atoms with Crippen LogP contribution in [0.15, 0.2) is 42.6 Å². The Hall–Kier alpha value is -3.10. The highest BCUT2D eigenvalue weighted by atomic mass is 35.5. The fourth-order valence-electron chi connectivity index (χ4n) is 4.43. The normalized spacial score (nSPS) is 18.0. The van der Waals surface area contributed by atoms with E-state index in [1.165, 1.54) is 6.42 Å². The summed E-state index contributed by atoms with van der Waals surface area (Å²) in [6.07, 6.45) is 5.02. The Kier molecular flexibility index (Phi) is 4.80. The van der Waals surface area contributed by atoms with Crippen LogP contribution >= 0.6 is 11.6 Å². The Labute approximate surface area is 179 Å². The predicted octanol–water partition coefficient (Wildman–Crippen LogP) is 4.74. The third-order valence-electron chi connectivity index (χ3n) is 5.90. The van der Waals surface area contributed by atoms with E-state index in [2.05, 4.69) is 11.1 Å². The Morgan fingerprint density at radius 2 is 1.97 bits per heavy atom. The van der Waals surface area contributed by atoms with Crippen molar-refractivity contribution in [2.24, 2.45) is 0 Å². The number of carbonyl (C=O) groups is 1. The van der Waals surface area contributed by atoms with Crippen LogP contribution in [0.1, 0.15) is 30.4 Å². The van der Waals surface area contributed by atoms with Crippen LogP contribution < -0.4 is 4.74 Å². The van der Waals surface area contributed by atoms with Gasteiger partial charge in [-0.15, -0.1) is 0 Å². The van der Waals surface area contributed by atoms with Gasteiger partial charge in [-0.25, -0.2) is 0 Å². The van der Waals surface area contributed by atoms with Crippen LogP contribution in [0.4, 0.5) is 0 Å². The molecule has 1 aromatic heterocycles. The van der Waals surface area contributed by atoms with E-state index in [-0.39, 0.29) is 5.91 Å². The maximum Gasteiger partial charge on any atom is 0.263 e. The first-order valence-corrected chi connectivity index (χ1v) is 10.6. The van der Waals surface area contributed by atoms with Crippen molar-refractivity contribution in [2.45, 2.75) is 31.8 Å². The first-order chi connectivity index (χ1) is 14.6. The molecule has 0 bridgehead atoms. The smallest absolute Gasteiger partial charge is 0.263 e. The van der Waals surface area contributed by atoms with Gasteiger partial charge in [0.15, 0.2) is 6.10 Å². The molecule has 1 unspecified atom stereocenters. The second-order valence-electron chi connectivity index (χ2n) is 7.84. The minimum atomic E-state index is -0.506. The topological polar surface area (TPSA) is 66.2 Å². The second kappa shape index (κ2) is 7.62. The largest absolute Gasteiger partial charge is 0.479 e. The molecular formula is C24H20ClN3O2. The van der Waals surface area contributed by atoms with E-state index in [0.29, 0.717) is 22.8 Å². The van der Waals surface area contributed by atoms with Gasteiger partial charge < -0.3 is 9.64 Å². The number of hydrogen-bond donors (Lipinski definition) is 0. The van der Waals surface area contributed by atoms with E-state index in [4.69, 9.17) is 16.3 Å². The van der Waals surface area contributed by atoms with Crippen LogP contribution in [0.3, 0.4) is 0 Å². The van der Waals surface area contributed by atoms with Crippen molar-refractivity contribution in [1.82, 2.24) is 9.88 Å². The number of nitrogens with zero attached hydrogens (tertiary/aromatic N) is 3. The average Bonchev–Trinajstić information content (AvgIpc) is 3.21. The zero-order chi connectivity index (χ0) is 20.7. The third kappa shape index (κ3) is 3.28. The predicted molar refractivity (Wildman–Crippen MR) is 115 cm³/mol. The van der Waals surface area contributed by atoms with E-state index >= 15 is 0 Å². The van der Waals surface area contributed by atoms with Gasteiger partial charge in [0.1, 0.15) is 5.75 Å². The summed E-state index contributed by atoms with van der Waals surface area (Å²) < 4.78 is 6.23. The number of ether oxygens (including phenoxy) is 1. The molecule has 6 heteroatoms. The van der Waals surface area contributed by atoms with Crippen molar-refractivity contribution < 1.29 is 9.53 Å². The molecule has 2 aliphatic rings. The molecule has 30 heavy (non-hydrogen) atoms. The fraction of sp³-hybridized carbons (Fsp3) is 0.292. The lowest BCUT2D eigenvalue weighted by atomic mass is 9.97. The van der Waals surface area contributed by atoms with Crippen molar-refractivity contribution in [2.75, 3.05) is 13.1 Å². The van der Waals surface area contributed by atoms with Gasteiger partial charge >= 0.3 is 0 Å². The van der Waals surface area contributed by atoms with Crippen molar-refractivity contribution >= 4 is 28.4 Å². The fourth-order valence-corrected chi connectivity index (χ4v) is 4.67. The molecule has 0 aliphatic carbocycles. The lowest BCUT2D eigenvalue weighted by Gasteiger charge is -2.28. The molecule has 2 aromatic carbocycles. The van der Waals surface area contributed by atoms with Gasteiger partial charge in [-0.1, -0.05) is 17.7 Å². The van der Waals surface area contributed by atoms with Gasteiger partial charge in [0.2, 0.25) is 0 Å². The maximum atomic E-state index is 13.0. The molecule has 0 radical (unpaired) electrons. The summed E-state index contributed by atoms with van der Waals surface area (Å²) in [6, 6.07) is 13.3. The molecule has 3 aromatic rings. The van der Waals surface area contributed by atoms with Crippen LogP contribution in [0, 0.1) is 11.3 Å². The maximum absolute atomic E-state index is 13.0. The summed E-state index contributed by atoms with van der Waals surface area (Å²) in [6.45, 7) is 1.61. The Morgan fingerprint density at radius 1 is 1.13 bits per heavy atom. The lowest BCUT2D eigenvalue weighted by molar-refractivity contribution is -0.138. The number of pyridine rings is 1. The third-order valence-corrected chi connectivity index (χ3v) is 6.12. The Bertz CT molecular complexity index is 1200. The second-order valence-corrected chi connectivity index (χ2v) is 8.28. The molecule has 0 spiro atoms. The van der Waals surface area contributed by atoms with Gasteiger partial charge in [-0.3, -0.25) is 9.78 Å². The molecule has 5 rings (SSSR count). The van der Waals surface area contributed by atoms with Crippen molar-refractivity contribution in [1.29, 1.82) is 5.26 Å². The van der Waals surface area contributed by atoms with Gasteiger partial charge in [0, 0.05) is 47.2 Å². The number of benzene rings is 2. The zero-order valence-electron chi connectivity index (χ0n) is 16.4. The lowest BCUT2D eigenvalue weighted by Crippen LogP contribution is -2.43. The molecule has 0 N–H and O–H groups in total. The number of amides is 1. The number of nitriles is 1. The monoisotopic (exact) mass is 417 g/mol.